The average Bonchev–Trinajstić information content (AvgIpc) is 2.54. The Bertz CT molecular complexity index is 514. The predicted molar refractivity (Wildman–Crippen MR) is 85.9 cm³/mol. The second-order valence-corrected chi connectivity index (χ2v) is 6.46. The number of ether oxygens (including phenoxy) is 1. The smallest absolute Gasteiger partial charge is 0.329 e. The van der Waals surface area contributed by atoms with Crippen LogP contribution in [0.2, 0.25) is 0 Å². The molecule has 1 heterocycles. The minimum absolute atomic E-state index is 0.378. The maximum Gasteiger partial charge on any atom is 0.329 e. The Hall–Kier alpha value is -1.53. The van der Waals surface area contributed by atoms with Crippen LogP contribution in [0.4, 0.5) is 0 Å². The highest BCUT2D eigenvalue weighted by Crippen LogP contribution is 2.29. The Morgan fingerprint density at radius 1 is 1.32 bits per heavy atom. The zero-order chi connectivity index (χ0) is 16.0. The molecule has 1 aromatic carbocycles. The lowest BCUT2D eigenvalue weighted by Gasteiger charge is -2.34. The molecule has 120 valence electrons. The number of carbonyl (C=O) groups excluding carboxylic acids is 1. The standard InChI is InChI=1S/C16H21NO4S/c1-2-21-13(12-6-4-3-5-7-12)14(18)17-16(15(19)20)8-10-22-11-9-16/h3-7,13H,2,8-11H2,1H3,(H,17,18)(H,19,20). The number of hydrogen-bond donors (Lipinski definition) is 2. The van der Waals surface area contributed by atoms with Gasteiger partial charge in [-0.3, -0.25) is 4.79 Å². The fourth-order valence-electron chi connectivity index (χ4n) is 2.53. The van der Waals surface area contributed by atoms with Crippen LogP contribution < -0.4 is 5.32 Å². The Morgan fingerprint density at radius 3 is 2.50 bits per heavy atom. The molecule has 22 heavy (non-hydrogen) atoms. The first-order valence-corrected chi connectivity index (χ1v) is 8.54. The van der Waals surface area contributed by atoms with E-state index in [1.54, 1.807) is 11.8 Å². The molecule has 1 fully saturated rings. The summed E-state index contributed by atoms with van der Waals surface area (Å²) < 4.78 is 5.55. The largest absolute Gasteiger partial charge is 0.480 e. The molecular formula is C16H21NO4S. The third-order valence-corrected chi connectivity index (χ3v) is 4.78. The Labute approximate surface area is 134 Å². The van der Waals surface area contributed by atoms with Gasteiger partial charge in [0, 0.05) is 6.61 Å². The Kier molecular flexibility index (Phi) is 5.85. The number of rotatable bonds is 6. The molecule has 1 atom stereocenters. The molecule has 1 aliphatic rings. The lowest BCUT2D eigenvalue weighted by molar-refractivity contribution is -0.150. The van der Waals surface area contributed by atoms with Crippen LogP contribution >= 0.6 is 11.8 Å². The summed E-state index contributed by atoms with van der Waals surface area (Å²) in [5.41, 5.74) is -0.445. The maximum atomic E-state index is 12.6. The topological polar surface area (TPSA) is 75.6 Å². The molecule has 0 aliphatic carbocycles. The average molecular weight is 323 g/mol. The fraction of sp³-hybridized carbons (Fsp3) is 0.500. The summed E-state index contributed by atoms with van der Waals surface area (Å²) in [7, 11) is 0. The predicted octanol–water partition coefficient (Wildman–Crippen LogP) is 2.23. The molecule has 6 heteroatoms. The van der Waals surface area contributed by atoms with E-state index in [2.05, 4.69) is 5.32 Å². The van der Waals surface area contributed by atoms with E-state index in [0.717, 1.165) is 17.1 Å². The third kappa shape index (κ3) is 3.81. The van der Waals surface area contributed by atoms with Crippen molar-refractivity contribution in [3.05, 3.63) is 35.9 Å². The van der Waals surface area contributed by atoms with Crippen LogP contribution in [-0.4, -0.2) is 40.6 Å². The van der Waals surface area contributed by atoms with E-state index < -0.39 is 17.6 Å². The molecule has 0 radical (unpaired) electrons. The van der Waals surface area contributed by atoms with Crippen molar-refractivity contribution >= 4 is 23.6 Å². The second kappa shape index (κ2) is 7.65. The van der Waals surface area contributed by atoms with Crippen LogP contribution in [0.15, 0.2) is 30.3 Å². The van der Waals surface area contributed by atoms with E-state index in [4.69, 9.17) is 4.74 Å². The van der Waals surface area contributed by atoms with Crippen molar-refractivity contribution in [3.63, 3.8) is 0 Å². The van der Waals surface area contributed by atoms with E-state index >= 15 is 0 Å². The number of carbonyl (C=O) groups is 2. The number of aliphatic carboxylic acids is 1. The first-order valence-electron chi connectivity index (χ1n) is 7.39. The quantitative estimate of drug-likeness (QED) is 0.839. The summed E-state index contributed by atoms with van der Waals surface area (Å²) in [5, 5.41) is 12.3. The van der Waals surface area contributed by atoms with Crippen molar-refractivity contribution in [3.8, 4) is 0 Å². The van der Waals surface area contributed by atoms with E-state index in [1.165, 1.54) is 0 Å². The zero-order valence-corrected chi connectivity index (χ0v) is 13.4. The molecule has 5 nitrogen and oxygen atoms in total. The molecule has 1 amide bonds. The number of carboxylic acids is 1. The van der Waals surface area contributed by atoms with Gasteiger partial charge in [0.1, 0.15) is 5.54 Å². The molecule has 0 aromatic heterocycles. The van der Waals surface area contributed by atoms with Gasteiger partial charge in [0.05, 0.1) is 0 Å². The first kappa shape index (κ1) is 16.8. The molecule has 1 saturated heterocycles. The molecule has 1 unspecified atom stereocenters. The van der Waals surface area contributed by atoms with Gasteiger partial charge < -0.3 is 15.2 Å². The van der Waals surface area contributed by atoms with E-state index in [9.17, 15) is 14.7 Å². The number of nitrogens with one attached hydrogen (secondary N) is 1. The summed E-state index contributed by atoms with van der Waals surface area (Å²) in [5.74, 6) is 0.112. The fourth-order valence-corrected chi connectivity index (χ4v) is 3.72. The first-order chi connectivity index (χ1) is 10.6. The summed E-state index contributed by atoms with van der Waals surface area (Å²) in [6, 6.07) is 9.15. The minimum Gasteiger partial charge on any atom is -0.480 e. The van der Waals surface area contributed by atoms with Gasteiger partial charge in [0.25, 0.3) is 5.91 Å². The van der Waals surface area contributed by atoms with Crippen LogP contribution in [-0.2, 0) is 14.3 Å². The lowest BCUT2D eigenvalue weighted by Crippen LogP contribution is -2.57. The summed E-state index contributed by atoms with van der Waals surface area (Å²) in [6.45, 7) is 2.19. The Balaban J connectivity index is 2.18. The molecule has 0 spiro atoms. The Morgan fingerprint density at radius 2 is 1.95 bits per heavy atom. The van der Waals surface area contributed by atoms with Crippen LogP contribution in [0.25, 0.3) is 0 Å². The highest BCUT2D eigenvalue weighted by molar-refractivity contribution is 7.99. The van der Waals surface area contributed by atoms with Crippen molar-refractivity contribution in [2.45, 2.75) is 31.4 Å². The van der Waals surface area contributed by atoms with Crippen LogP contribution in [0.1, 0.15) is 31.4 Å². The van der Waals surface area contributed by atoms with Gasteiger partial charge in [0.2, 0.25) is 0 Å². The van der Waals surface area contributed by atoms with Crippen LogP contribution in [0.5, 0.6) is 0 Å². The minimum atomic E-state index is -1.17. The molecule has 1 aliphatic heterocycles. The third-order valence-electron chi connectivity index (χ3n) is 3.79. The highest BCUT2D eigenvalue weighted by Gasteiger charge is 2.42. The highest BCUT2D eigenvalue weighted by atomic mass is 32.2. The van der Waals surface area contributed by atoms with Crippen molar-refractivity contribution in [1.82, 2.24) is 5.32 Å². The normalized spacial score (nSPS) is 18.4. The van der Waals surface area contributed by atoms with Gasteiger partial charge in [-0.15, -0.1) is 0 Å². The molecular weight excluding hydrogens is 302 g/mol. The lowest BCUT2D eigenvalue weighted by atomic mass is 9.91. The molecule has 2 N–H and O–H groups in total. The number of amides is 1. The molecule has 0 saturated carbocycles. The summed E-state index contributed by atoms with van der Waals surface area (Å²) >= 11 is 1.71. The van der Waals surface area contributed by atoms with E-state index in [1.807, 2.05) is 37.3 Å². The number of hydrogen-bond acceptors (Lipinski definition) is 4. The van der Waals surface area contributed by atoms with Crippen LogP contribution in [0, 0.1) is 0 Å². The van der Waals surface area contributed by atoms with Gasteiger partial charge in [-0.1, -0.05) is 30.3 Å². The van der Waals surface area contributed by atoms with Gasteiger partial charge in [-0.2, -0.15) is 11.8 Å². The van der Waals surface area contributed by atoms with Gasteiger partial charge in [-0.25, -0.2) is 4.79 Å². The molecule has 2 rings (SSSR count). The zero-order valence-electron chi connectivity index (χ0n) is 12.6. The van der Waals surface area contributed by atoms with E-state index in [-0.39, 0.29) is 5.91 Å². The number of carboxylic acid groups (broad SMARTS) is 1. The monoisotopic (exact) mass is 323 g/mol. The van der Waals surface area contributed by atoms with Gasteiger partial charge in [-0.05, 0) is 36.8 Å². The van der Waals surface area contributed by atoms with Gasteiger partial charge in [0.15, 0.2) is 6.10 Å². The SMILES string of the molecule is CCOC(C(=O)NC1(C(=O)O)CCSCC1)c1ccccc1. The van der Waals surface area contributed by atoms with Crippen molar-refractivity contribution in [2.75, 3.05) is 18.1 Å². The second-order valence-electron chi connectivity index (χ2n) is 5.23. The maximum absolute atomic E-state index is 12.6. The van der Waals surface area contributed by atoms with Crippen LogP contribution in [0.3, 0.4) is 0 Å². The summed E-state index contributed by atoms with van der Waals surface area (Å²) in [6.07, 6.45) is 0.0932. The van der Waals surface area contributed by atoms with Crippen molar-refractivity contribution in [2.24, 2.45) is 0 Å². The summed E-state index contributed by atoms with van der Waals surface area (Å²) in [4.78, 5) is 24.3. The van der Waals surface area contributed by atoms with Crippen molar-refractivity contribution < 1.29 is 19.4 Å². The molecule has 0 bridgehead atoms. The van der Waals surface area contributed by atoms with Gasteiger partial charge >= 0.3 is 5.97 Å². The molecule has 1 aromatic rings. The van der Waals surface area contributed by atoms with E-state index in [0.29, 0.717) is 19.4 Å². The number of benzene rings is 1. The van der Waals surface area contributed by atoms with Crippen molar-refractivity contribution in [1.29, 1.82) is 0 Å². The number of thioether (sulfide) groups is 1.